The van der Waals surface area contributed by atoms with Crippen molar-refractivity contribution in [3.63, 3.8) is 0 Å². The molecule has 0 bridgehead atoms. The smallest absolute Gasteiger partial charge is 0.277 e. The molecule has 0 fully saturated rings. The summed E-state index contributed by atoms with van der Waals surface area (Å²) in [5.74, 6) is -0.220. The fourth-order valence-electron chi connectivity index (χ4n) is 1.73. The SMILES string of the molecule is CN(C(=O)c1ncccc1Br)c1ccc(/C(N)=N/O)cc1. The van der Waals surface area contributed by atoms with Gasteiger partial charge in [-0.1, -0.05) is 5.16 Å². The van der Waals surface area contributed by atoms with Crippen molar-refractivity contribution in [2.75, 3.05) is 11.9 Å². The molecule has 1 aromatic heterocycles. The van der Waals surface area contributed by atoms with Crippen molar-refractivity contribution in [3.05, 3.63) is 58.3 Å². The first kappa shape index (κ1) is 15.0. The molecule has 0 atom stereocenters. The Balaban J connectivity index is 2.26. The Morgan fingerprint density at radius 2 is 2.00 bits per heavy atom. The van der Waals surface area contributed by atoms with Gasteiger partial charge in [0.15, 0.2) is 5.84 Å². The first-order chi connectivity index (χ1) is 10.0. The minimum Gasteiger partial charge on any atom is -0.409 e. The van der Waals surface area contributed by atoms with Crippen LogP contribution >= 0.6 is 15.9 Å². The first-order valence-corrected chi connectivity index (χ1v) is 6.80. The number of amides is 1. The number of amidine groups is 1. The van der Waals surface area contributed by atoms with Crippen molar-refractivity contribution in [1.82, 2.24) is 4.98 Å². The average Bonchev–Trinajstić information content (AvgIpc) is 2.53. The molecule has 1 aromatic carbocycles. The number of pyridine rings is 1. The van der Waals surface area contributed by atoms with Gasteiger partial charge in [0, 0.05) is 29.0 Å². The Morgan fingerprint density at radius 1 is 1.33 bits per heavy atom. The fourth-order valence-corrected chi connectivity index (χ4v) is 2.16. The second-order valence-corrected chi connectivity index (χ2v) is 5.08. The molecule has 7 heteroatoms. The van der Waals surface area contributed by atoms with Crippen molar-refractivity contribution < 1.29 is 10.0 Å². The quantitative estimate of drug-likeness (QED) is 0.385. The molecule has 0 spiro atoms. The van der Waals surface area contributed by atoms with E-state index in [1.807, 2.05) is 0 Å². The van der Waals surface area contributed by atoms with Gasteiger partial charge in [0.1, 0.15) is 5.69 Å². The van der Waals surface area contributed by atoms with Crippen LogP contribution in [-0.2, 0) is 0 Å². The van der Waals surface area contributed by atoms with Crippen molar-refractivity contribution in [3.8, 4) is 0 Å². The van der Waals surface area contributed by atoms with Gasteiger partial charge in [-0.3, -0.25) is 4.79 Å². The zero-order valence-electron chi connectivity index (χ0n) is 11.2. The highest BCUT2D eigenvalue weighted by Crippen LogP contribution is 2.20. The van der Waals surface area contributed by atoms with Crippen molar-refractivity contribution in [2.45, 2.75) is 0 Å². The van der Waals surface area contributed by atoms with E-state index in [-0.39, 0.29) is 11.7 Å². The summed E-state index contributed by atoms with van der Waals surface area (Å²) in [5, 5.41) is 11.5. The number of benzene rings is 1. The number of oxime groups is 1. The average molecular weight is 349 g/mol. The van der Waals surface area contributed by atoms with Crippen LogP contribution in [0, 0.1) is 0 Å². The molecular weight excluding hydrogens is 336 g/mol. The molecule has 0 radical (unpaired) electrons. The van der Waals surface area contributed by atoms with Crippen molar-refractivity contribution >= 4 is 33.4 Å². The molecule has 108 valence electrons. The summed E-state index contributed by atoms with van der Waals surface area (Å²) < 4.78 is 0.634. The van der Waals surface area contributed by atoms with Crippen LogP contribution in [0.15, 0.2) is 52.2 Å². The Morgan fingerprint density at radius 3 is 2.57 bits per heavy atom. The molecule has 0 aliphatic rings. The first-order valence-electron chi connectivity index (χ1n) is 6.01. The molecule has 0 saturated carbocycles. The lowest BCUT2D eigenvalue weighted by Crippen LogP contribution is -2.27. The summed E-state index contributed by atoms with van der Waals surface area (Å²) in [6.45, 7) is 0. The van der Waals surface area contributed by atoms with Gasteiger partial charge in [-0.05, 0) is 52.3 Å². The topological polar surface area (TPSA) is 91.8 Å². The molecule has 3 N–H and O–H groups in total. The van der Waals surface area contributed by atoms with E-state index >= 15 is 0 Å². The third kappa shape index (κ3) is 3.19. The number of carbonyl (C=O) groups is 1. The molecule has 0 unspecified atom stereocenters. The molecule has 0 saturated heterocycles. The number of hydrogen-bond acceptors (Lipinski definition) is 4. The number of hydrogen-bond donors (Lipinski definition) is 2. The summed E-state index contributed by atoms with van der Waals surface area (Å²) in [5.41, 5.74) is 7.07. The normalized spacial score (nSPS) is 11.2. The predicted octanol–water partition coefficient (Wildman–Crippen LogP) is 2.22. The van der Waals surface area contributed by atoms with Gasteiger partial charge in [-0.2, -0.15) is 0 Å². The summed E-state index contributed by atoms with van der Waals surface area (Å²) >= 11 is 3.31. The summed E-state index contributed by atoms with van der Waals surface area (Å²) in [6, 6.07) is 10.3. The van der Waals surface area contributed by atoms with Crippen LogP contribution in [0.3, 0.4) is 0 Å². The minimum absolute atomic E-state index is 0.0167. The number of nitrogens with zero attached hydrogens (tertiary/aromatic N) is 3. The van der Waals surface area contributed by atoms with Gasteiger partial charge in [0.2, 0.25) is 0 Å². The van der Waals surface area contributed by atoms with Crippen LogP contribution in [0.1, 0.15) is 16.1 Å². The van der Waals surface area contributed by atoms with E-state index in [1.54, 1.807) is 49.6 Å². The number of rotatable bonds is 3. The van der Waals surface area contributed by atoms with E-state index in [0.717, 1.165) is 0 Å². The van der Waals surface area contributed by atoms with Crippen LogP contribution < -0.4 is 10.6 Å². The zero-order valence-corrected chi connectivity index (χ0v) is 12.8. The fraction of sp³-hybridized carbons (Fsp3) is 0.0714. The van der Waals surface area contributed by atoms with Gasteiger partial charge < -0.3 is 15.8 Å². The van der Waals surface area contributed by atoms with E-state index in [1.165, 1.54) is 4.90 Å². The molecule has 6 nitrogen and oxygen atoms in total. The monoisotopic (exact) mass is 348 g/mol. The maximum atomic E-state index is 12.4. The lowest BCUT2D eigenvalue weighted by Gasteiger charge is -2.17. The predicted molar refractivity (Wildman–Crippen MR) is 83.6 cm³/mol. The maximum absolute atomic E-state index is 12.4. The number of carbonyl (C=O) groups excluding carboxylic acids is 1. The van der Waals surface area contributed by atoms with E-state index in [2.05, 4.69) is 26.1 Å². The zero-order chi connectivity index (χ0) is 15.4. The van der Waals surface area contributed by atoms with E-state index in [4.69, 9.17) is 10.9 Å². The van der Waals surface area contributed by atoms with Crippen LogP contribution in [0.4, 0.5) is 5.69 Å². The number of anilines is 1. The van der Waals surface area contributed by atoms with Crippen LogP contribution in [0.25, 0.3) is 0 Å². The second-order valence-electron chi connectivity index (χ2n) is 4.23. The largest absolute Gasteiger partial charge is 0.409 e. The highest BCUT2D eigenvalue weighted by Gasteiger charge is 2.17. The summed E-state index contributed by atoms with van der Waals surface area (Å²) in [4.78, 5) is 17.9. The van der Waals surface area contributed by atoms with E-state index in [0.29, 0.717) is 21.4 Å². The standard InChI is InChI=1S/C14H13BrN4O2/c1-19(14(20)12-11(15)3-2-8-17-12)10-6-4-9(5-7-10)13(16)18-21/h2-8,21H,1H3,(H2,16,18). The van der Waals surface area contributed by atoms with Gasteiger partial charge in [-0.15, -0.1) is 0 Å². The van der Waals surface area contributed by atoms with Crippen LogP contribution in [0.2, 0.25) is 0 Å². The summed E-state index contributed by atoms with van der Waals surface area (Å²) in [6.07, 6.45) is 1.56. The third-order valence-electron chi connectivity index (χ3n) is 2.92. The van der Waals surface area contributed by atoms with Gasteiger partial charge in [-0.25, -0.2) is 4.98 Å². The van der Waals surface area contributed by atoms with Gasteiger partial charge >= 0.3 is 0 Å². The number of nitrogens with two attached hydrogens (primary N) is 1. The molecule has 2 rings (SSSR count). The summed E-state index contributed by atoms with van der Waals surface area (Å²) in [7, 11) is 1.65. The number of aromatic nitrogens is 1. The molecule has 1 amide bonds. The lowest BCUT2D eigenvalue weighted by molar-refractivity contribution is 0.0987. The lowest BCUT2D eigenvalue weighted by atomic mass is 10.2. The van der Waals surface area contributed by atoms with Crippen molar-refractivity contribution in [1.29, 1.82) is 0 Å². The van der Waals surface area contributed by atoms with E-state index < -0.39 is 0 Å². The Bertz CT molecular complexity index is 686. The third-order valence-corrected chi connectivity index (χ3v) is 3.56. The maximum Gasteiger partial charge on any atom is 0.277 e. The minimum atomic E-state index is -0.237. The number of halogens is 1. The van der Waals surface area contributed by atoms with Crippen LogP contribution in [0.5, 0.6) is 0 Å². The van der Waals surface area contributed by atoms with E-state index in [9.17, 15) is 4.79 Å². The van der Waals surface area contributed by atoms with Crippen molar-refractivity contribution in [2.24, 2.45) is 10.9 Å². The van der Waals surface area contributed by atoms with Crippen LogP contribution in [-0.4, -0.2) is 29.0 Å². The van der Waals surface area contributed by atoms with Gasteiger partial charge in [0.25, 0.3) is 5.91 Å². The highest BCUT2D eigenvalue weighted by atomic mass is 79.9. The molecule has 0 aliphatic heterocycles. The Kier molecular flexibility index (Phi) is 4.54. The molecule has 0 aliphatic carbocycles. The Hall–Kier alpha value is -2.41. The molecule has 21 heavy (non-hydrogen) atoms. The Labute approximate surface area is 130 Å². The molecule has 1 heterocycles. The highest BCUT2D eigenvalue weighted by molar-refractivity contribution is 9.10. The second kappa shape index (κ2) is 6.36. The van der Waals surface area contributed by atoms with Gasteiger partial charge in [0.05, 0.1) is 0 Å². The molecule has 2 aromatic rings. The molecular formula is C14H13BrN4O2.